The lowest BCUT2D eigenvalue weighted by molar-refractivity contribution is 0.305. The monoisotopic (exact) mass is 386 g/mol. The maximum Gasteiger partial charge on any atom is 0.258 e. The molecule has 3 aromatic rings. The third kappa shape index (κ3) is 4.28. The lowest BCUT2D eigenvalue weighted by Gasteiger charge is -2.17. The van der Waals surface area contributed by atoms with Gasteiger partial charge in [-0.3, -0.25) is 4.98 Å². The third-order valence-corrected chi connectivity index (χ3v) is 4.83. The smallest absolute Gasteiger partial charge is 0.258 e. The summed E-state index contributed by atoms with van der Waals surface area (Å²) in [6.45, 7) is 2.39. The summed E-state index contributed by atoms with van der Waals surface area (Å²) in [5.41, 5.74) is 8.82. The molecular formula is C20H23ClN4O2. The van der Waals surface area contributed by atoms with E-state index in [1.807, 2.05) is 43.3 Å². The summed E-state index contributed by atoms with van der Waals surface area (Å²) in [6.07, 6.45) is 5.77. The number of aryl methyl sites for hydroxylation is 1. The van der Waals surface area contributed by atoms with Crippen molar-refractivity contribution in [2.24, 2.45) is 5.73 Å². The Bertz CT molecular complexity index is 889. The van der Waals surface area contributed by atoms with Gasteiger partial charge in [0.15, 0.2) is 5.82 Å². The molecule has 4 rings (SSSR count). The predicted octanol–water partition coefficient (Wildman–Crippen LogP) is 4.17. The van der Waals surface area contributed by atoms with E-state index in [0.717, 1.165) is 48.3 Å². The molecule has 2 N–H and O–H groups in total. The minimum atomic E-state index is -0.444. The molecule has 6 nitrogen and oxygen atoms in total. The topological polar surface area (TPSA) is 87.1 Å². The molecule has 1 fully saturated rings. The second-order valence-corrected chi connectivity index (χ2v) is 6.91. The van der Waals surface area contributed by atoms with Crippen molar-refractivity contribution < 1.29 is 9.26 Å². The fourth-order valence-electron chi connectivity index (χ4n) is 3.27. The highest BCUT2D eigenvalue weighted by Gasteiger charge is 2.36. The first kappa shape index (κ1) is 19.3. The maximum absolute atomic E-state index is 6.41. The van der Waals surface area contributed by atoms with Gasteiger partial charge in [-0.2, -0.15) is 4.98 Å². The highest BCUT2D eigenvalue weighted by atomic mass is 35.5. The molecule has 7 heteroatoms. The van der Waals surface area contributed by atoms with Gasteiger partial charge in [-0.15, -0.1) is 12.4 Å². The number of benzene rings is 1. The molecule has 0 spiro atoms. The molecule has 0 bridgehead atoms. The third-order valence-electron chi connectivity index (χ3n) is 4.83. The second kappa shape index (κ2) is 8.06. The Hall–Kier alpha value is -2.44. The maximum atomic E-state index is 6.41. The van der Waals surface area contributed by atoms with Crippen LogP contribution in [0.1, 0.15) is 42.8 Å². The quantitative estimate of drug-likeness (QED) is 0.708. The number of nitrogens with zero attached hydrogens (tertiary/aromatic N) is 3. The number of aromatic nitrogens is 3. The van der Waals surface area contributed by atoms with Crippen molar-refractivity contribution in [2.45, 2.75) is 44.8 Å². The van der Waals surface area contributed by atoms with Gasteiger partial charge in [-0.1, -0.05) is 30.1 Å². The first-order valence-electron chi connectivity index (χ1n) is 8.90. The van der Waals surface area contributed by atoms with Crippen LogP contribution in [0.5, 0.6) is 5.75 Å². The van der Waals surface area contributed by atoms with Crippen LogP contribution in [0.4, 0.5) is 0 Å². The molecule has 1 aromatic carbocycles. The van der Waals surface area contributed by atoms with Gasteiger partial charge in [0, 0.05) is 11.3 Å². The molecule has 0 radical (unpaired) electrons. The number of halogens is 1. The van der Waals surface area contributed by atoms with Gasteiger partial charge in [0.05, 0.1) is 11.7 Å². The summed E-state index contributed by atoms with van der Waals surface area (Å²) < 4.78 is 11.3. The number of pyridine rings is 1. The minimum absolute atomic E-state index is 0. The van der Waals surface area contributed by atoms with Crippen molar-refractivity contribution in [3.05, 3.63) is 59.7 Å². The van der Waals surface area contributed by atoms with E-state index in [2.05, 4.69) is 15.1 Å². The van der Waals surface area contributed by atoms with Gasteiger partial charge in [0.25, 0.3) is 5.89 Å². The van der Waals surface area contributed by atoms with E-state index in [0.29, 0.717) is 18.3 Å². The Balaban J connectivity index is 0.00000210. The highest BCUT2D eigenvalue weighted by Crippen LogP contribution is 2.35. The fraction of sp³-hybridized carbons (Fsp3) is 0.350. The van der Waals surface area contributed by atoms with Gasteiger partial charge < -0.3 is 15.0 Å². The van der Waals surface area contributed by atoms with Crippen LogP contribution in [-0.4, -0.2) is 15.1 Å². The van der Waals surface area contributed by atoms with E-state index in [4.69, 9.17) is 15.0 Å². The summed E-state index contributed by atoms with van der Waals surface area (Å²) >= 11 is 0. The summed E-state index contributed by atoms with van der Waals surface area (Å²) in [6, 6.07) is 11.8. The van der Waals surface area contributed by atoms with E-state index in [-0.39, 0.29) is 12.4 Å². The van der Waals surface area contributed by atoms with Crippen molar-refractivity contribution in [1.29, 1.82) is 0 Å². The number of rotatable bonds is 5. The van der Waals surface area contributed by atoms with Crippen LogP contribution in [0.25, 0.3) is 11.5 Å². The molecule has 0 saturated heterocycles. The Morgan fingerprint density at radius 1 is 1.19 bits per heavy atom. The van der Waals surface area contributed by atoms with Gasteiger partial charge in [-0.05, 0) is 49.6 Å². The molecule has 0 unspecified atom stereocenters. The Labute approximate surface area is 164 Å². The van der Waals surface area contributed by atoms with Crippen LogP contribution in [0.2, 0.25) is 0 Å². The molecule has 0 amide bonds. The summed E-state index contributed by atoms with van der Waals surface area (Å²) in [5, 5.41) is 4.13. The molecule has 142 valence electrons. The molecule has 2 heterocycles. The largest absolute Gasteiger partial charge is 0.487 e. The van der Waals surface area contributed by atoms with E-state index in [1.54, 1.807) is 6.20 Å². The minimum Gasteiger partial charge on any atom is -0.487 e. The Kier molecular flexibility index (Phi) is 5.77. The first-order chi connectivity index (χ1) is 12.6. The number of hydrogen-bond donors (Lipinski definition) is 1. The average molecular weight is 387 g/mol. The van der Waals surface area contributed by atoms with E-state index in [9.17, 15) is 0 Å². The lowest BCUT2D eigenvalue weighted by atomic mass is 9.98. The number of nitrogens with two attached hydrogens (primary N) is 1. The summed E-state index contributed by atoms with van der Waals surface area (Å²) in [7, 11) is 0. The van der Waals surface area contributed by atoms with E-state index in [1.165, 1.54) is 0 Å². The zero-order chi connectivity index (χ0) is 18.0. The second-order valence-electron chi connectivity index (χ2n) is 6.91. The number of hydrogen-bond acceptors (Lipinski definition) is 6. The lowest BCUT2D eigenvalue weighted by Crippen LogP contribution is -2.34. The summed E-state index contributed by atoms with van der Waals surface area (Å²) in [4.78, 5) is 8.78. The van der Waals surface area contributed by atoms with Crippen molar-refractivity contribution >= 4 is 12.4 Å². The normalized spacial score (nSPS) is 15.3. The highest BCUT2D eigenvalue weighted by molar-refractivity contribution is 5.85. The standard InChI is InChI=1S/C20H22N4O2.ClH/c1-14-7-8-17(12-22-14)25-13-15-5-4-6-16(11-15)18-23-19(24-26-18)20(21)9-2-3-10-20;/h4-8,11-12H,2-3,9-10,13,21H2,1H3;1H. The van der Waals surface area contributed by atoms with Crippen molar-refractivity contribution in [2.75, 3.05) is 0 Å². The fourth-order valence-corrected chi connectivity index (χ4v) is 3.27. The Morgan fingerprint density at radius 2 is 2.00 bits per heavy atom. The molecule has 2 aromatic heterocycles. The zero-order valence-electron chi connectivity index (χ0n) is 15.2. The molecule has 1 aliphatic rings. The van der Waals surface area contributed by atoms with E-state index >= 15 is 0 Å². The van der Waals surface area contributed by atoms with Crippen LogP contribution < -0.4 is 10.5 Å². The molecule has 27 heavy (non-hydrogen) atoms. The van der Waals surface area contributed by atoms with Crippen LogP contribution in [0, 0.1) is 6.92 Å². The van der Waals surface area contributed by atoms with Gasteiger partial charge in [0.2, 0.25) is 0 Å². The van der Waals surface area contributed by atoms with Crippen molar-refractivity contribution in [3.63, 3.8) is 0 Å². The molecular weight excluding hydrogens is 364 g/mol. The molecule has 1 saturated carbocycles. The van der Waals surface area contributed by atoms with Gasteiger partial charge in [0.1, 0.15) is 12.4 Å². The van der Waals surface area contributed by atoms with Crippen LogP contribution in [0.3, 0.4) is 0 Å². The van der Waals surface area contributed by atoms with Crippen LogP contribution in [0.15, 0.2) is 47.1 Å². The predicted molar refractivity (Wildman–Crippen MR) is 105 cm³/mol. The van der Waals surface area contributed by atoms with Crippen molar-refractivity contribution in [1.82, 2.24) is 15.1 Å². The summed E-state index contributed by atoms with van der Waals surface area (Å²) in [5.74, 6) is 1.85. The van der Waals surface area contributed by atoms with Crippen LogP contribution in [-0.2, 0) is 12.1 Å². The first-order valence-corrected chi connectivity index (χ1v) is 8.90. The zero-order valence-corrected chi connectivity index (χ0v) is 16.0. The van der Waals surface area contributed by atoms with Crippen LogP contribution >= 0.6 is 12.4 Å². The van der Waals surface area contributed by atoms with Gasteiger partial charge >= 0.3 is 0 Å². The average Bonchev–Trinajstić information content (AvgIpc) is 3.32. The van der Waals surface area contributed by atoms with Gasteiger partial charge in [-0.25, -0.2) is 0 Å². The number of ether oxygens (including phenoxy) is 1. The van der Waals surface area contributed by atoms with Crippen molar-refractivity contribution in [3.8, 4) is 17.2 Å². The molecule has 1 aliphatic carbocycles. The SMILES string of the molecule is Cc1ccc(OCc2cccc(-c3nc(C4(N)CCCC4)no3)c2)cn1.Cl. The molecule has 0 atom stereocenters. The molecule has 0 aliphatic heterocycles. The Morgan fingerprint density at radius 3 is 2.74 bits per heavy atom. The van der Waals surface area contributed by atoms with E-state index < -0.39 is 5.54 Å².